The zero-order valence-corrected chi connectivity index (χ0v) is 17.0. The Balaban J connectivity index is 2.01. The van der Waals surface area contributed by atoms with Crippen LogP contribution in [0.15, 0.2) is 53.7 Å². The van der Waals surface area contributed by atoms with Crippen LogP contribution in [0.4, 0.5) is 26.3 Å². The second-order valence-electron chi connectivity index (χ2n) is 6.50. The fourth-order valence-corrected chi connectivity index (χ4v) is 2.55. The van der Waals surface area contributed by atoms with Crippen LogP contribution in [0, 0.1) is 0 Å². The zero-order valence-electron chi connectivity index (χ0n) is 17.0. The minimum absolute atomic E-state index is 0.0106. The van der Waals surface area contributed by atoms with Gasteiger partial charge in [-0.1, -0.05) is 17.3 Å². The summed E-state index contributed by atoms with van der Waals surface area (Å²) < 4.78 is 78.6. The maximum Gasteiger partial charge on any atom is 0.573 e. The van der Waals surface area contributed by atoms with Gasteiger partial charge in [-0.15, -0.1) is 13.2 Å². The maximum absolute atomic E-state index is 12.7. The first kappa shape index (κ1) is 25.8. The molecule has 2 rings (SSSR count). The summed E-state index contributed by atoms with van der Waals surface area (Å²) in [5.74, 6) is -1.14. The van der Waals surface area contributed by atoms with Gasteiger partial charge >= 0.3 is 12.5 Å². The first-order chi connectivity index (χ1) is 15.4. The number of aliphatic hydroxyl groups is 1. The van der Waals surface area contributed by atoms with Crippen molar-refractivity contribution in [2.24, 2.45) is 5.16 Å². The quantitative estimate of drug-likeness (QED) is 0.234. The van der Waals surface area contributed by atoms with Crippen LogP contribution in [0.2, 0.25) is 0 Å². The fourth-order valence-electron chi connectivity index (χ4n) is 2.55. The molecule has 7 nitrogen and oxygen atoms in total. The minimum atomic E-state index is -4.87. The van der Waals surface area contributed by atoms with Crippen molar-refractivity contribution in [3.8, 4) is 5.75 Å². The third-order valence-corrected chi connectivity index (χ3v) is 4.09. The van der Waals surface area contributed by atoms with E-state index >= 15 is 0 Å². The van der Waals surface area contributed by atoms with Crippen molar-refractivity contribution in [1.29, 1.82) is 0 Å². The lowest BCUT2D eigenvalue weighted by Gasteiger charge is -2.19. The molecule has 180 valence electrons. The van der Waals surface area contributed by atoms with Crippen LogP contribution in [-0.4, -0.2) is 49.5 Å². The Morgan fingerprint density at radius 3 is 2.06 bits per heavy atom. The summed E-state index contributed by atoms with van der Waals surface area (Å²) in [6.45, 7) is -0.623. The predicted octanol–water partition coefficient (Wildman–Crippen LogP) is 3.29. The number of carbonyl (C=O) groups excluding carboxylic acids is 1. The van der Waals surface area contributed by atoms with Crippen LogP contribution in [0.3, 0.4) is 0 Å². The van der Waals surface area contributed by atoms with Gasteiger partial charge < -0.3 is 25.3 Å². The Morgan fingerprint density at radius 2 is 1.58 bits per heavy atom. The topological polar surface area (TPSA) is 92.2 Å². The molecule has 1 amide bonds. The van der Waals surface area contributed by atoms with Gasteiger partial charge in [0.25, 0.3) is 5.91 Å². The van der Waals surface area contributed by atoms with E-state index in [1.807, 2.05) is 0 Å². The number of amidine groups is 1. The van der Waals surface area contributed by atoms with E-state index in [1.165, 1.54) is 19.2 Å². The summed E-state index contributed by atoms with van der Waals surface area (Å²) in [6, 6.07) is 7.33. The van der Waals surface area contributed by atoms with Gasteiger partial charge in [-0.2, -0.15) is 13.2 Å². The molecular weight excluding hydrogens is 460 g/mol. The van der Waals surface area contributed by atoms with Gasteiger partial charge in [0.05, 0.1) is 18.2 Å². The second-order valence-corrected chi connectivity index (χ2v) is 6.50. The van der Waals surface area contributed by atoms with E-state index in [2.05, 4.69) is 25.4 Å². The van der Waals surface area contributed by atoms with Crippen LogP contribution in [0.5, 0.6) is 5.75 Å². The number of rotatable bonds is 8. The van der Waals surface area contributed by atoms with Crippen molar-refractivity contribution in [3.63, 3.8) is 0 Å². The molecule has 0 saturated carbocycles. The molecule has 0 heterocycles. The smallest absolute Gasteiger partial charge is 0.406 e. The Labute approximate surface area is 184 Å². The van der Waals surface area contributed by atoms with Gasteiger partial charge in [0.2, 0.25) is 0 Å². The monoisotopic (exact) mass is 479 g/mol. The van der Waals surface area contributed by atoms with Gasteiger partial charge in [0.1, 0.15) is 12.9 Å². The zero-order chi connectivity index (χ0) is 24.6. The largest absolute Gasteiger partial charge is 0.573 e. The highest BCUT2D eigenvalue weighted by molar-refractivity contribution is 5.98. The van der Waals surface area contributed by atoms with Gasteiger partial charge in [-0.25, -0.2) is 0 Å². The normalized spacial score (nSPS) is 13.3. The SMILES string of the molecule is CO/N=C(\NC[C@H](CO)NC(=O)c1ccc(OC(F)(F)F)cc1)c1ccc(C(F)(F)F)cc1. The molecule has 2 aromatic rings. The van der Waals surface area contributed by atoms with E-state index in [9.17, 15) is 36.2 Å². The predicted molar refractivity (Wildman–Crippen MR) is 104 cm³/mol. The third kappa shape index (κ3) is 8.18. The molecule has 33 heavy (non-hydrogen) atoms. The van der Waals surface area contributed by atoms with Crippen LogP contribution in [0.25, 0.3) is 0 Å². The average Bonchev–Trinajstić information content (AvgIpc) is 2.74. The third-order valence-electron chi connectivity index (χ3n) is 4.09. The number of oxime groups is 1. The lowest BCUT2D eigenvalue weighted by molar-refractivity contribution is -0.274. The standard InChI is InChI=1S/C20H19F6N3O4/c1-32-29-17(12-2-6-14(7-3-12)19(21,22)23)27-10-15(11-30)28-18(31)13-4-8-16(9-5-13)33-20(24,25)26/h2-9,15,30H,10-11H2,1H3,(H,27,29)(H,28,31)/t15-/m1/s1. The molecule has 13 heteroatoms. The lowest BCUT2D eigenvalue weighted by atomic mass is 10.1. The molecule has 0 fully saturated rings. The average molecular weight is 479 g/mol. The molecule has 0 spiro atoms. The summed E-state index contributed by atoms with van der Waals surface area (Å²) >= 11 is 0. The van der Waals surface area contributed by atoms with Crippen LogP contribution >= 0.6 is 0 Å². The second kappa shape index (κ2) is 10.9. The van der Waals surface area contributed by atoms with Gasteiger partial charge in [-0.3, -0.25) is 4.79 Å². The van der Waals surface area contributed by atoms with E-state index in [1.54, 1.807) is 0 Å². The van der Waals surface area contributed by atoms with Crippen LogP contribution in [0.1, 0.15) is 21.5 Å². The maximum atomic E-state index is 12.7. The number of nitrogens with zero attached hydrogens (tertiary/aromatic N) is 1. The summed E-state index contributed by atoms with van der Waals surface area (Å²) in [7, 11) is 1.23. The number of hydrogen-bond donors (Lipinski definition) is 3. The van der Waals surface area contributed by atoms with Gasteiger partial charge in [0.15, 0.2) is 5.84 Å². The molecule has 0 bridgehead atoms. The van der Waals surface area contributed by atoms with E-state index in [0.29, 0.717) is 0 Å². The molecular formula is C20H19F6N3O4. The van der Waals surface area contributed by atoms with Crippen molar-refractivity contribution >= 4 is 11.7 Å². The van der Waals surface area contributed by atoms with Gasteiger partial charge in [-0.05, 0) is 36.4 Å². The number of alkyl halides is 6. The summed E-state index contributed by atoms with van der Waals surface area (Å²) in [4.78, 5) is 17.0. The number of halogens is 6. The van der Waals surface area contributed by atoms with Gasteiger partial charge in [0, 0.05) is 17.7 Å². The van der Waals surface area contributed by atoms with Crippen LogP contribution in [-0.2, 0) is 11.0 Å². The van der Waals surface area contributed by atoms with E-state index in [0.717, 1.165) is 36.4 Å². The number of nitrogens with one attached hydrogen (secondary N) is 2. The lowest BCUT2D eigenvalue weighted by Crippen LogP contribution is -2.46. The van der Waals surface area contributed by atoms with E-state index in [4.69, 9.17) is 0 Å². The highest BCUT2D eigenvalue weighted by Crippen LogP contribution is 2.29. The van der Waals surface area contributed by atoms with E-state index in [-0.39, 0.29) is 23.5 Å². The van der Waals surface area contributed by atoms with Crippen molar-refractivity contribution in [2.75, 3.05) is 20.3 Å². The first-order valence-corrected chi connectivity index (χ1v) is 9.23. The molecule has 0 aliphatic rings. The fraction of sp³-hybridized carbons (Fsp3) is 0.300. The summed E-state index contributed by atoms with van der Waals surface area (Å²) in [5, 5.41) is 18.5. The Kier molecular flexibility index (Phi) is 8.51. The Hall–Kier alpha value is -3.48. The molecule has 0 saturated heterocycles. The molecule has 0 radical (unpaired) electrons. The van der Waals surface area contributed by atoms with Crippen molar-refractivity contribution in [1.82, 2.24) is 10.6 Å². The Bertz CT molecular complexity index is 944. The highest BCUT2D eigenvalue weighted by atomic mass is 19.4. The number of aliphatic hydroxyl groups excluding tert-OH is 1. The molecule has 0 unspecified atom stereocenters. The minimum Gasteiger partial charge on any atom is -0.406 e. The number of hydrogen-bond acceptors (Lipinski definition) is 5. The molecule has 0 aliphatic heterocycles. The highest BCUT2D eigenvalue weighted by Gasteiger charge is 2.31. The molecule has 1 atom stereocenters. The number of benzene rings is 2. The van der Waals surface area contributed by atoms with E-state index < -0.39 is 42.4 Å². The summed E-state index contributed by atoms with van der Waals surface area (Å²) in [5.41, 5.74) is -0.584. The number of ether oxygens (including phenoxy) is 1. The first-order valence-electron chi connectivity index (χ1n) is 9.23. The van der Waals surface area contributed by atoms with Crippen LogP contribution < -0.4 is 15.4 Å². The molecule has 3 N–H and O–H groups in total. The van der Waals surface area contributed by atoms with Crippen molar-refractivity contribution in [3.05, 3.63) is 65.2 Å². The molecule has 0 aliphatic carbocycles. The van der Waals surface area contributed by atoms with Crippen molar-refractivity contribution < 1.29 is 45.8 Å². The summed E-state index contributed by atoms with van der Waals surface area (Å²) in [6.07, 6.45) is -9.38. The number of carbonyl (C=O) groups is 1. The number of amides is 1. The van der Waals surface area contributed by atoms with Crippen molar-refractivity contribution in [2.45, 2.75) is 18.6 Å². The molecule has 2 aromatic carbocycles. The Morgan fingerprint density at radius 1 is 1.00 bits per heavy atom. The molecule has 0 aromatic heterocycles.